The molecule has 1 fully saturated rings. The van der Waals surface area contributed by atoms with E-state index in [1.807, 2.05) is 0 Å². The van der Waals surface area contributed by atoms with E-state index in [9.17, 15) is 4.79 Å². The fourth-order valence-corrected chi connectivity index (χ4v) is 2.07. The Bertz CT molecular complexity index is 213. The number of hydrogen-bond acceptors (Lipinski definition) is 2. The Hall–Kier alpha value is -0.830. The first-order valence-electron chi connectivity index (χ1n) is 5.37. The summed E-state index contributed by atoms with van der Waals surface area (Å²) in [5.74, 6) is -0.844. The van der Waals surface area contributed by atoms with Crippen LogP contribution >= 0.6 is 0 Å². The van der Waals surface area contributed by atoms with Gasteiger partial charge in [0.05, 0.1) is 0 Å². The third-order valence-electron chi connectivity index (χ3n) is 2.82. The van der Waals surface area contributed by atoms with Crippen LogP contribution in [0.25, 0.3) is 0 Å². The number of carbonyl (C=O) groups is 1. The first-order chi connectivity index (χ1) is 6.74. The molecule has 0 amide bonds. The fraction of sp³-hybridized carbons (Fsp3) is 0.727. The van der Waals surface area contributed by atoms with Gasteiger partial charge >= 0.3 is 5.97 Å². The average molecular weight is 197 g/mol. The van der Waals surface area contributed by atoms with Gasteiger partial charge in [-0.1, -0.05) is 19.4 Å². The molecule has 0 bridgehead atoms. The zero-order valence-electron chi connectivity index (χ0n) is 8.78. The van der Waals surface area contributed by atoms with Crippen molar-refractivity contribution in [2.75, 3.05) is 13.1 Å². The molecule has 14 heavy (non-hydrogen) atoms. The minimum absolute atomic E-state index is 0.560. The molecule has 3 heteroatoms. The van der Waals surface area contributed by atoms with Gasteiger partial charge in [0.2, 0.25) is 0 Å². The summed E-state index contributed by atoms with van der Waals surface area (Å²) in [5, 5.41) is 8.47. The van der Waals surface area contributed by atoms with Gasteiger partial charge in [-0.3, -0.25) is 0 Å². The van der Waals surface area contributed by atoms with Crippen LogP contribution in [0.2, 0.25) is 0 Å². The minimum Gasteiger partial charge on any atom is -0.478 e. The van der Waals surface area contributed by atoms with Gasteiger partial charge in [-0.25, -0.2) is 4.79 Å². The molecule has 1 atom stereocenters. The lowest BCUT2D eigenvalue weighted by molar-refractivity contribution is -0.131. The number of nitrogens with zero attached hydrogens (tertiary/aromatic N) is 1. The van der Waals surface area contributed by atoms with Crippen LogP contribution in [-0.4, -0.2) is 35.1 Å². The van der Waals surface area contributed by atoms with E-state index in [2.05, 4.69) is 11.8 Å². The van der Waals surface area contributed by atoms with Crippen LogP contribution in [-0.2, 0) is 4.79 Å². The van der Waals surface area contributed by atoms with Crippen LogP contribution in [0.4, 0.5) is 0 Å². The van der Waals surface area contributed by atoms with Crippen molar-refractivity contribution in [3.63, 3.8) is 0 Å². The fourth-order valence-electron chi connectivity index (χ4n) is 2.07. The molecular weight excluding hydrogens is 178 g/mol. The highest BCUT2D eigenvalue weighted by Crippen LogP contribution is 2.19. The molecule has 1 aliphatic rings. The number of piperidine rings is 1. The summed E-state index contributed by atoms with van der Waals surface area (Å²) >= 11 is 0. The maximum absolute atomic E-state index is 10.3. The van der Waals surface area contributed by atoms with Crippen LogP contribution in [0.1, 0.15) is 32.6 Å². The summed E-state index contributed by atoms with van der Waals surface area (Å²) in [6.07, 6.45) is 7.68. The normalized spacial score (nSPS) is 24.2. The Labute approximate surface area is 85.4 Å². The van der Waals surface area contributed by atoms with Gasteiger partial charge in [0.1, 0.15) is 0 Å². The summed E-state index contributed by atoms with van der Waals surface area (Å²) in [7, 11) is 0. The summed E-state index contributed by atoms with van der Waals surface area (Å²) in [6.45, 7) is 4.41. The predicted molar refractivity (Wildman–Crippen MR) is 56.3 cm³/mol. The molecule has 1 heterocycles. The highest BCUT2D eigenvalue weighted by atomic mass is 16.4. The largest absolute Gasteiger partial charge is 0.478 e. The number of carboxylic acid groups (broad SMARTS) is 1. The van der Waals surface area contributed by atoms with Gasteiger partial charge in [0, 0.05) is 12.1 Å². The van der Waals surface area contributed by atoms with Crippen molar-refractivity contribution in [1.29, 1.82) is 0 Å². The number of hydrogen-bond donors (Lipinski definition) is 1. The van der Waals surface area contributed by atoms with E-state index in [0.717, 1.165) is 13.0 Å². The second kappa shape index (κ2) is 5.81. The Kier molecular flexibility index (Phi) is 4.66. The van der Waals surface area contributed by atoms with Crippen molar-refractivity contribution >= 4 is 5.97 Å². The molecule has 0 radical (unpaired) electrons. The molecule has 0 aromatic heterocycles. The Morgan fingerprint density at radius 2 is 2.36 bits per heavy atom. The molecule has 80 valence electrons. The zero-order valence-corrected chi connectivity index (χ0v) is 8.78. The summed E-state index contributed by atoms with van der Waals surface area (Å²) in [4.78, 5) is 12.7. The highest BCUT2D eigenvalue weighted by molar-refractivity contribution is 5.79. The number of rotatable bonds is 4. The van der Waals surface area contributed by atoms with E-state index in [-0.39, 0.29) is 0 Å². The molecule has 0 aromatic carbocycles. The van der Waals surface area contributed by atoms with Crippen LogP contribution < -0.4 is 0 Å². The minimum atomic E-state index is -0.844. The van der Waals surface area contributed by atoms with E-state index < -0.39 is 5.97 Å². The van der Waals surface area contributed by atoms with Gasteiger partial charge in [-0.2, -0.15) is 0 Å². The Balaban J connectivity index is 2.36. The maximum atomic E-state index is 10.3. The molecule has 0 aromatic rings. The van der Waals surface area contributed by atoms with Crippen molar-refractivity contribution in [1.82, 2.24) is 4.90 Å². The number of aliphatic carboxylic acids is 1. The van der Waals surface area contributed by atoms with Crippen LogP contribution in [0, 0.1) is 0 Å². The zero-order chi connectivity index (χ0) is 10.4. The topological polar surface area (TPSA) is 40.5 Å². The molecule has 0 aliphatic carbocycles. The second-order valence-corrected chi connectivity index (χ2v) is 3.75. The third kappa shape index (κ3) is 3.50. The molecule has 1 unspecified atom stereocenters. The predicted octanol–water partition coefficient (Wildman–Crippen LogP) is 1.89. The van der Waals surface area contributed by atoms with E-state index in [1.165, 1.54) is 31.9 Å². The summed E-state index contributed by atoms with van der Waals surface area (Å²) < 4.78 is 0. The Morgan fingerprint density at radius 3 is 3.00 bits per heavy atom. The van der Waals surface area contributed by atoms with Crippen LogP contribution in [0.15, 0.2) is 12.2 Å². The van der Waals surface area contributed by atoms with Crippen LogP contribution in [0.3, 0.4) is 0 Å². The number of carboxylic acids is 1. The second-order valence-electron chi connectivity index (χ2n) is 3.75. The smallest absolute Gasteiger partial charge is 0.327 e. The van der Waals surface area contributed by atoms with Gasteiger partial charge < -0.3 is 10.0 Å². The van der Waals surface area contributed by atoms with Gasteiger partial charge in [-0.15, -0.1) is 0 Å². The standard InChI is InChI=1S/C11H19NO2/c1-2-12-9-4-3-6-10(12)7-5-8-11(13)14/h5,8,10H,2-4,6-7,9H2,1H3,(H,13,14)/b8-5-. The van der Waals surface area contributed by atoms with Crippen molar-refractivity contribution in [3.05, 3.63) is 12.2 Å². The SMILES string of the molecule is CCN1CCCCC1C/C=C\C(=O)O. The van der Waals surface area contributed by atoms with Crippen molar-refractivity contribution in [2.45, 2.75) is 38.6 Å². The first kappa shape index (κ1) is 11.2. The van der Waals surface area contributed by atoms with Gasteiger partial charge in [0.15, 0.2) is 0 Å². The molecular formula is C11H19NO2. The quantitative estimate of drug-likeness (QED) is 0.700. The van der Waals surface area contributed by atoms with E-state index >= 15 is 0 Å². The summed E-state index contributed by atoms with van der Waals surface area (Å²) in [5.41, 5.74) is 0. The lowest BCUT2D eigenvalue weighted by Crippen LogP contribution is -2.38. The van der Waals surface area contributed by atoms with E-state index in [0.29, 0.717) is 6.04 Å². The monoisotopic (exact) mass is 197 g/mol. The van der Waals surface area contributed by atoms with E-state index in [4.69, 9.17) is 5.11 Å². The molecule has 0 saturated carbocycles. The molecule has 1 rings (SSSR count). The lowest BCUT2D eigenvalue weighted by atomic mass is 9.99. The summed E-state index contributed by atoms with van der Waals surface area (Å²) in [6, 6.07) is 0.560. The van der Waals surface area contributed by atoms with E-state index in [1.54, 1.807) is 6.08 Å². The molecule has 3 nitrogen and oxygen atoms in total. The van der Waals surface area contributed by atoms with Crippen molar-refractivity contribution < 1.29 is 9.90 Å². The Morgan fingerprint density at radius 1 is 1.57 bits per heavy atom. The van der Waals surface area contributed by atoms with Gasteiger partial charge in [0.25, 0.3) is 0 Å². The third-order valence-corrected chi connectivity index (χ3v) is 2.82. The number of likely N-dealkylation sites (tertiary alicyclic amines) is 1. The molecule has 1 aliphatic heterocycles. The van der Waals surface area contributed by atoms with Gasteiger partial charge in [-0.05, 0) is 32.4 Å². The maximum Gasteiger partial charge on any atom is 0.327 e. The van der Waals surface area contributed by atoms with Crippen LogP contribution in [0.5, 0.6) is 0 Å². The average Bonchev–Trinajstić information content (AvgIpc) is 2.18. The molecule has 1 saturated heterocycles. The highest BCUT2D eigenvalue weighted by Gasteiger charge is 2.19. The van der Waals surface area contributed by atoms with Crippen molar-refractivity contribution in [2.24, 2.45) is 0 Å². The molecule has 1 N–H and O–H groups in total. The molecule has 0 spiro atoms. The first-order valence-corrected chi connectivity index (χ1v) is 5.37. The van der Waals surface area contributed by atoms with Crippen molar-refractivity contribution in [3.8, 4) is 0 Å². The lowest BCUT2D eigenvalue weighted by Gasteiger charge is -2.34.